The van der Waals surface area contributed by atoms with Crippen LogP contribution in [0.15, 0.2) is 0 Å². The number of amides is 1. The number of carbonyl (C=O) groups excluding carboxylic acids is 2. The lowest BCUT2D eigenvalue weighted by molar-refractivity contribution is -0.131. The molecule has 2 N–H and O–H groups in total. The van der Waals surface area contributed by atoms with Crippen LogP contribution in [0.3, 0.4) is 0 Å². The summed E-state index contributed by atoms with van der Waals surface area (Å²) >= 11 is 0. The van der Waals surface area contributed by atoms with E-state index in [1.54, 1.807) is 0 Å². The lowest BCUT2D eigenvalue weighted by atomic mass is 9.79. The number of nitrogens with one attached hydrogen (secondary N) is 1. The van der Waals surface area contributed by atoms with Gasteiger partial charge in [-0.1, -0.05) is 27.7 Å². The number of rotatable bonds is 4. The van der Waals surface area contributed by atoms with Crippen molar-refractivity contribution < 1.29 is 14.7 Å². The Morgan fingerprint density at radius 1 is 1.47 bits per heavy atom. The average Bonchev–Trinajstić information content (AvgIpc) is 2.25. The molecule has 4 nitrogen and oxygen atoms in total. The topological polar surface area (TPSA) is 66.4 Å². The second-order valence-corrected chi connectivity index (χ2v) is 7.02. The van der Waals surface area contributed by atoms with E-state index in [9.17, 15) is 14.7 Å². The van der Waals surface area contributed by atoms with E-state index in [0.29, 0.717) is 19.3 Å². The van der Waals surface area contributed by atoms with Crippen molar-refractivity contribution in [2.45, 2.75) is 59.4 Å². The summed E-state index contributed by atoms with van der Waals surface area (Å²) in [4.78, 5) is 23.6. The molecule has 0 spiro atoms. The maximum Gasteiger partial charge on any atom is 0.223 e. The third-order valence-corrected chi connectivity index (χ3v) is 3.73. The zero-order valence-electron chi connectivity index (χ0n) is 12.5. The minimum Gasteiger partial charge on any atom is -0.394 e. The lowest BCUT2D eigenvalue weighted by Crippen LogP contribution is -2.45. The first kappa shape index (κ1) is 16.2. The molecule has 4 heteroatoms. The third-order valence-electron chi connectivity index (χ3n) is 3.73. The van der Waals surface area contributed by atoms with Gasteiger partial charge in [-0.3, -0.25) is 9.59 Å². The van der Waals surface area contributed by atoms with Crippen LogP contribution in [0.4, 0.5) is 0 Å². The number of Topliss-reactive ketones (excluding diaryl/α,β-unsaturated/α-hetero) is 1. The van der Waals surface area contributed by atoms with Crippen LogP contribution in [-0.4, -0.2) is 29.4 Å². The predicted octanol–water partition coefficient (Wildman–Crippen LogP) is 1.90. The van der Waals surface area contributed by atoms with Crippen molar-refractivity contribution >= 4 is 11.7 Å². The molecule has 0 aliphatic heterocycles. The fourth-order valence-corrected chi connectivity index (χ4v) is 2.80. The van der Waals surface area contributed by atoms with Crippen molar-refractivity contribution in [3.63, 3.8) is 0 Å². The monoisotopic (exact) mass is 269 g/mol. The molecule has 19 heavy (non-hydrogen) atoms. The van der Waals surface area contributed by atoms with Crippen LogP contribution in [0.2, 0.25) is 0 Å². The van der Waals surface area contributed by atoms with E-state index in [1.807, 2.05) is 6.92 Å². The molecule has 0 saturated heterocycles. The van der Waals surface area contributed by atoms with E-state index in [0.717, 1.165) is 6.42 Å². The maximum absolute atomic E-state index is 12.2. The third kappa shape index (κ3) is 5.31. The van der Waals surface area contributed by atoms with Gasteiger partial charge in [-0.05, 0) is 24.2 Å². The van der Waals surface area contributed by atoms with E-state index >= 15 is 0 Å². The molecule has 1 amide bonds. The quantitative estimate of drug-likeness (QED) is 0.819. The molecular formula is C15H27NO3. The molecule has 1 rings (SSSR count). The number of hydrogen-bond acceptors (Lipinski definition) is 3. The van der Waals surface area contributed by atoms with Crippen molar-refractivity contribution in [2.75, 3.05) is 6.61 Å². The summed E-state index contributed by atoms with van der Waals surface area (Å²) in [5, 5.41) is 12.3. The number of aliphatic hydroxyl groups is 1. The van der Waals surface area contributed by atoms with E-state index < -0.39 is 0 Å². The minimum absolute atomic E-state index is 0.0108. The summed E-state index contributed by atoms with van der Waals surface area (Å²) in [7, 11) is 0. The van der Waals surface area contributed by atoms with Crippen LogP contribution in [0.25, 0.3) is 0 Å². The Hall–Kier alpha value is -0.900. The van der Waals surface area contributed by atoms with Crippen molar-refractivity contribution in [3.05, 3.63) is 0 Å². The average molecular weight is 269 g/mol. The van der Waals surface area contributed by atoms with Crippen molar-refractivity contribution in [3.8, 4) is 0 Å². The molecule has 1 aliphatic rings. The number of ketones is 1. The van der Waals surface area contributed by atoms with E-state index in [-0.39, 0.29) is 41.6 Å². The molecule has 1 fully saturated rings. The molecule has 0 bridgehead atoms. The summed E-state index contributed by atoms with van der Waals surface area (Å²) in [6, 6.07) is -0.197. The van der Waals surface area contributed by atoms with Crippen LogP contribution >= 0.6 is 0 Å². The zero-order chi connectivity index (χ0) is 14.6. The lowest BCUT2D eigenvalue weighted by Gasteiger charge is -2.30. The number of hydrogen-bond donors (Lipinski definition) is 2. The van der Waals surface area contributed by atoms with Gasteiger partial charge in [-0.2, -0.15) is 0 Å². The molecule has 0 radical (unpaired) electrons. The predicted molar refractivity (Wildman–Crippen MR) is 74.6 cm³/mol. The largest absolute Gasteiger partial charge is 0.394 e. The Bertz CT molecular complexity index is 333. The van der Waals surface area contributed by atoms with Crippen molar-refractivity contribution in [2.24, 2.45) is 17.3 Å². The zero-order valence-corrected chi connectivity index (χ0v) is 12.5. The van der Waals surface area contributed by atoms with Gasteiger partial charge in [0.15, 0.2) is 0 Å². The number of aliphatic hydroxyl groups excluding tert-OH is 1. The first-order valence-electron chi connectivity index (χ1n) is 7.16. The smallest absolute Gasteiger partial charge is 0.223 e. The second-order valence-electron chi connectivity index (χ2n) is 7.02. The molecule has 0 aromatic heterocycles. The molecular weight excluding hydrogens is 242 g/mol. The Balaban J connectivity index is 2.55. The first-order valence-corrected chi connectivity index (χ1v) is 7.16. The Labute approximate surface area is 116 Å². The molecule has 3 unspecified atom stereocenters. The van der Waals surface area contributed by atoms with Gasteiger partial charge in [0, 0.05) is 18.8 Å². The van der Waals surface area contributed by atoms with E-state index in [1.165, 1.54) is 0 Å². The fraction of sp³-hybridized carbons (Fsp3) is 0.867. The van der Waals surface area contributed by atoms with Crippen LogP contribution in [0.5, 0.6) is 0 Å². The van der Waals surface area contributed by atoms with Gasteiger partial charge in [0.05, 0.1) is 12.6 Å². The van der Waals surface area contributed by atoms with Gasteiger partial charge < -0.3 is 10.4 Å². The summed E-state index contributed by atoms with van der Waals surface area (Å²) in [5.74, 6) is 0.259. The van der Waals surface area contributed by atoms with Gasteiger partial charge in [-0.15, -0.1) is 0 Å². The van der Waals surface area contributed by atoms with Crippen LogP contribution < -0.4 is 5.32 Å². The molecule has 0 heterocycles. The normalized spacial score (nSPS) is 26.1. The molecule has 0 aromatic rings. The fourth-order valence-electron chi connectivity index (χ4n) is 2.80. The SMILES string of the molecule is CC1CC(=O)CCC1C(=O)NC(CO)CC(C)(C)C. The highest BCUT2D eigenvalue weighted by atomic mass is 16.3. The second kappa shape index (κ2) is 6.51. The van der Waals surface area contributed by atoms with Crippen LogP contribution in [0, 0.1) is 17.3 Å². The first-order chi connectivity index (χ1) is 8.73. The van der Waals surface area contributed by atoms with Crippen LogP contribution in [-0.2, 0) is 9.59 Å². The minimum atomic E-state index is -0.197. The summed E-state index contributed by atoms with van der Waals surface area (Å²) in [6.45, 7) is 8.18. The Kier molecular flexibility index (Phi) is 5.53. The highest BCUT2D eigenvalue weighted by Crippen LogP contribution is 2.28. The van der Waals surface area contributed by atoms with Gasteiger partial charge in [0.1, 0.15) is 5.78 Å². The Morgan fingerprint density at radius 3 is 2.58 bits per heavy atom. The van der Waals surface area contributed by atoms with Crippen LogP contribution in [0.1, 0.15) is 53.4 Å². The van der Waals surface area contributed by atoms with Gasteiger partial charge in [0.25, 0.3) is 0 Å². The molecule has 1 saturated carbocycles. The van der Waals surface area contributed by atoms with Gasteiger partial charge in [-0.25, -0.2) is 0 Å². The highest BCUT2D eigenvalue weighted by Gasteiger charge is 2.32. The summed E-state index contributed by atoms with van der Waals surface area (Å²) in [6.07, 6.45) is 2.39. The van der Waals surface area contributed by atoms with Crippen molar-refractivity contribution in [1.29, 1.82) is 0 Å². The van der Waals surface area contributed by atoms with Gasteiger partial charge in [0.2, 0.25) is 5.91 Å². The molecule has 1 aliphatic carbocycles. The van der Waals surface area contributed by atoms with Crippen molar-refractivity contribution in [1.82, 2.24) is 5.32 Å². The maximum atomic E-state index is 12.2. The molecule has 3 atom stereocenters. The van der Waals surface area contributed by atoms with E-state index in [2.05, 4.69) is 26.1 Å². The highest BCUT2D eigenvalue weighted by molar-refractivity contribution is 5.85. The molecule has 110 valence electrons. The summed E-state index contributed by atoms with van der Waals surface area (Å²) < 4.78 is 0. The number of carbonyl (C=O) groups is 2. The van der Waals surface area contributed by atoms with Gasteiger partial charge >= 0.3 is 0 Å². The van der Waals surface area contributed by atoms with E-state index in [4.69, 9.17) is 0 Å². The standard InChI is InChI=1S/C15H27NO3/c1-10-7-12(18)5-6-13(10)14(19)16-11(9-17)8-15(2,3)4/h10-11,13,17H,5-9H2,1-4H3,(H,16,19). The molecule has 0 aromatic carbocycles. The Morgan fingerprint density at radius 2 is 2.11 bits per heavy atom. The summed E-state index contributed by atoms with van der Waals surface area (Å²) in [5.41, 5.74) is 0.0643.